The van der Waals surface area contributed by atoms with Gasteiger partial charge in [-0.1, -0.05) is 166 Å². The van der Waals surface area contributed by atoms with Crippen molar-refractivity contribution in [2.45, 2.75) is 237 Å². The SMILES string of the molecule is CC(C)c1cc(C(C)C)c(C(C)C)s1.CC(C)c1cc(C(C)C)c(C(C)C)s1.CC(C)c1nc(C(C)C)c(C(C)C)s1.CC(C)c1nc(C(C)C)c(C(C)C)s1. The molecule has 4 rings (SSSR count). The summed E-state index contributed by atoms with van der Waals surface area (Å²) in [5, 5.41) is 2.58. The number of aromatic nitrogens is 2. The molecular formula is C50H86N2S4. The zero-order valence-corrected chi connectivity index (χ0v) is 43.9. The Bertz CT molecular complexity index is 1330. The lowest BCUT2D eigenvalue weighted by atomic mass is 9.98. The highest BCUT2D eigenvalue weighted by Crippen LogP contribution is 2.39. The van der Waals surface area contributed by atoms with Crippen LogP contribution in [0.3, 0.4) is 0 Å². The Kier molecular flexibility index (Phi) is 22.6. The molecule has 4 heterocycles. The first-order valence-corrected chi connectivity index (χ1v) is 25.3. The maximum atomic E-state index is 4.75. The normalized spacial score (nSPS) is 12.1. The third-order valence-corrected chi connectivity index (χ3v) is 16.4. The minimum Gasteiger partial charge on any atom is -0.245 e. The van der Waals surface area contributed by atoms with Crippen LogP contribution in [0.15, 0.2) is 12.1 Å². The van der Waals surface area contributed by atoms with Gasteiger partial charge in [-0.2, -0.15) is 0 Å². The fourth-order valence-corrected chi connectivity index (χ4v) is 11.2. The molecule has 0 unspecified atom stereocenters. The molecule has 0 aliphatic heterocycles. The molecule has 0 aliphatic rings. The zero-order chi connectivity index (χ0) is 43.5. The van der Waals surface area contributed by atoms with Crippen molar-refractivity contribution >= 4 is 45.3 Å². The predicted octanol–water partition coefficient (Wildman–Crippen LogP) is 19.3. The van der Waals surface area contributed by atoms with Gasteiger partial charge in [0.15, 0.2) is 0 Å². The van der Waals surface area contributed by atoms with Gasteiger partial charge in [0.1, 0.15) is 0 Å². The Morgan fingerprint density at radius 3 is 0.696 bits per heavy atom. The predicted molar refractivity (Wildman–Crippen MR) is 262 cm³/mol. The quantitative estimate of drug-likeness (QED) is 0.142. The molecular weight excluding hydrogens is 757 g/mol. The Balaban J connectivity index is 0.000000373. The number of thiophene rings is 2. The molecule has 0 atom stereocenters. The summed E-state index contributed by atoms with van der Waals surface area (Å²) in [6.45, 7) is 54.2. The van der Waals surface area contributed by atoms with E-state index in [4.69, 9.17) is 9.97 Å². The van der Waals surface area contributed by atoms with E-state index >= 15 is 0 Å². The van der Waals surface area contributed by atoms with E-state index in [1.54, 1.807) is 20.9 Å². The summed E-state index contributed by atoms with van der Waals surface area (Å²) >= 11 is 7.79. The highest BCUT2D eigenvalue weighted by atomic mass is 32.1. The molecule has 0 spiro atoms. The Labute approximate surface area is 364 Å². The highest BCUT2D eigenvalue weighted by Gasteiger charge is 2.20. The van der Waals surface area contributed by atoms with Gasteiger partial charge in [-0.3, -0.25) is 0 Å². The molecule has 0 bridgehead atoms. The molecule has 4 aromatic rings. The van der Waals surface area contributed by atoms with Gasteiger partial charge in [0.2, 0.25) is 0 Å². The van der Waals surface area contributed by atoms with E-state index in [2.05, 4.69) is 178 Å². The van der Waals surface area contributed by atoms with Crippen molar-refractivity contribution in [1.82, 2.24) is 9.97 Å². The third-order valence-electron chi connectivity index (χ3n) is 9.58. The third kappa shape index (κ3) is 15.7. The molecule has 6 heteroatoms. The van der Waals surface area contributed by atoms with E-state index in [1.165, 1.54) is 40.9 Å². The minimum atomic E-state index is 0.552. The van der Waals surface area contributed by atoms with Crippen LogP contribution in [0, 0.1) is 0 Å². The molecule has 0 fully saturated rings. The summed E-state index contributed by atoms with van der Waals surface area (Å²) in [4.78, 5) is 18.7. The van der Waals surface area contributed by atoms with Crippen LogP contribution in [0.2, 0.25) is 0 Å². The zero-order valence-electron chi connectivity index (χ0n) is 40.6. The van der Waals surface area contributed by atoms with Crippen LogP contribution < -0.4 is 0 Å². The van der Waals surface area contributed by atoms with Crippen molar-refractivity contribution in [3.63, 3.8) is 0 Å². The van der Waals surface area contributed by atoms with Crippen molar-refractivity contribution in [1.29, 1.82) is 0 Å². The van der Waals surface area contributed by atoms with Gasteiger partial charge in [-0.15, -0.1) is 45.3 Å². The molecule has 0 aromatic carbocycles. The lowest BCUT2D eigenvalue weighted by Crippen LogP contribution is -1.95. The minimum absolute atomic E-state index is 0.552. The number of thiazole rings is 2. The van der Waals surface area contributed by atoms with Crippen molar-refractivity contribution in [3.05, 3.63) is 73.9 Å². The second-order valence-corrected chi connectivity index (χ2v) is 23.8. The van der Waals surface area contributed by atoms with E-state index in [0.29, 0.717) is 71.0 Å². The second kappa shape index (κ2) is 24.0. The summed E-state index contributed by atoms with van der Waals surface area (Å²) in [6.07, 6.45) is 0. The lowest BCUT2D eigenvalue weighted by Gasteiger charge is -2.08. The maximum absolute atomic E-state index is 4.75. The van der Waals surface area contributed by atoms with Gasteiger partial charge in [0.25, 0.3) is 0 Å². The van der Waals surface area contributed by atoms with Crippen molar-refractivity contribution < 1.29 is 0 Å². The fourth-order valence-electron chi connectivity index (χ4n) is 6.12. The van der Waals surface area contributed by atoms with E-state index in [1.807, 2.05) is 45.3 Å². The molecule has 0 N–H and O–H groups in total. The summed E-state index contributed by atoms with van der Waals surface area (Å²) in [7, 11) is 0. The van der Waals surface area contributed by atoms with Crippen molar-refractivity contribution in [2.24, 2.45) is 0 Å². The van der Waals surface area contributed by atoms with E-state index in [9.17, 15) is 0 Å². The van der Waals surface area contributed by atoms with Gasteiger partial charge >= 0.3 is 0 Å². The first-order valence-electron chi connectivity index (χ1n) is 22.0. The molecule has 56 heavy (non-hydrogen) atoms. The van der Waals surface area contributed by atoms with Gasteiger partial charge in [0.05, 0.1) is 21.4 Å². The van der Waals surface area contributed by atoms with Gasteiger partial charge in [-0.25, -0.2) is 9.97 Å². The molecule has 0 amide bonds. The smallest absolute Gasteiger partial charge is 0.0956 e. The number of hydrogen-bond acceptors (Lipinski definition) is 6. The van der Waals surface area contributed by atoms with Crippen molar-refractivity contribution in [2.75, 3.05) is 0 Å². The molecule has 320 valence electrons. The first-order chi connectivity index (χ1) is 25.7. The molecule has 2 nitrogen and oxygen atoms in total. The van der Waals surface area contributed by atoms with Crippen LogP contribution in [-0.4, -0.2) is 9.97 Å². The van der Waals surface area contributed by atoms with E-state index in [0.717, 1.165) is 0 Å². The Morgan fingerprint density at radius 2 is 0.554 bits per heavy atom. The van der Waals surface area contributed by atoms with Gasteiger partial charge < -0.3 is 0 Å². The van der Waals surface area contributed by atoms with Crippen molar-refractivity contribution in [3.8, 4) is 0 Å². The maximum Gasteiger partial charge on any atom is 0.0956 e. The lowest BCUT2D eigenvalue weighted by molar-refractivity contribution is 0.762. The van der Waals surface area contributed by atoms with Crippen LogP contribution >= 0.6 is 45.3 Å². The average molecular weight is 844 g/mol. The fraction of sp³-hybridized carbons (Fsp3) is 0.720. The van der Waals surface area contributed by atoms with E-state index < -0.39 is 0 Å². The van der Waals surface area contributed by atoms with E-state index in [-0.39, 0.29) is 0 Å². The van der Waals surface area contributed by atoms with Crippen LogP contribution in [0.1, 0.15) is 299 Å². The second-order valence-electron chi connectivity index (χ2n) is 19.4. The summed E-state index contributed by atoms with van der Waals surface area (Å²) < 4.78 is 0. The summed E-state index contributed by atoms with van der Waals surface area (Å²) in [6, 6.07) is 4.82. The van der Waals surface area contributed by atoms with Gasteiger partial charge in [0, 0.05) is 41.1 Å². The molecule has 0 saturated carbocycles. The summed E-state index contributed by atoms with van der Waals surface area (Å²) in [5.74, 6) is 7.45. The summed E-state index contributed by atoms with van der Waals surface area (Å²) in [5.41, 5.74) is 5.75. The monoisotopic (exact) mass is 843 g/mol. The number of nitrogens with zero attached hydrogens (tertiary/aromatic N) is 2. The number of rotatable bonds is 12. The Hall–Kier alpha value is -1.34. The molecule has 4 aromatic heterocycles. The molecule has 0 aliphatic carbocycles. The molecule has 0 radical (unpaired) electrons. The van der Waals surface area contributed by atoms with Crippen LogP contribution in [-0.2, 0) is 0 Å². The number of hydrogen-bond donors (Lipinski definition) is 0. The average Bonchev–Trinajstić information content (AvgIpc) is 3.89. The largest absolute Gasteiger partial charge is 0.245 e. The standard InChI is InChI=1S/2C13H22S.2C12H21NS/c2*1-8(2)11-7-12(9(3)4)14-13(11)10(5)6;2*1-7(2)10-11(8(3)4)14-12(13-10)9(5)6/h2*7-10H,1-6H3;2*7-9H,1-6H3. The van der Waals surface area contributed by atoms with Crippen LogP contribution in [0.25, 0.3) is 0 Å². The first kappa shape index (κ1) is 52.7. The molecule has 0 saturated heterocycles. The van der Waals surface area contributed by atoms with Gasteiger partial charge in [-0.05, 0) is 82.4 Å². The van der Waals surface area contributed by atoms with Crippen LogP contribution in [0.4, 0.5) is 0 Å². The van der Waals surface area contributed by atoms with Crippen LogP contribution in [0.5, 0.6) is 0 Å². The topological polar surface area (TPSA) is 25.8 Å². The Morgan fingerprint density at radius 1 is 0.286 bits per heavy atom. The highest BCUT2D eigenvalue weighted by molar-refractivity contribution is 7.13.